The van der Waals surface area contributed by atoms with Crippen molar-refractivity contribution in [3.63, 3.8) is 0 Å². The maximum absolute atomic E-state index is 11.2. The number of benzene rings is 1. The third-order valence-electron chi connectivity index (χ3n) is 3.30. The summed E-state index contributed by atoms with van der Waals surface area (Å²) in [6.07, 6.45) is 1.95. The van der Waals surface area contributed by atoms with Crippen molar-refractivity contribution in [3.05, 3.63) is 23.8 Å². The molecule has 1 aliphatic heterocycles. The van der Waals surface area contributed by atoms with Crippen LogP contribution in [0.15, 0.2) is 18.2 Å². The number of hydrogen-bond donors (Lipinski definition) is 2. The van der Waals surface area contributed by atoms with E-state index in [0.717, 1.165) is 12.8 Å². The van der Waals surface area contributed by atoms with Crippen molar-refractivity contribution in [2.75, 3.05) is 19.0 Å². The molecule has 2 unspecified atom stereocenters. The van der Waals surface area contributed by atoms with Crippen molar-refractivity contribution in [2.24, 2.45) is 0 Å². The molecule has 1 fully saturated rings. The minimum Gasteiger partial charge on any atom is -0.497 e. The van der Waals surface area contributed by atoms with Gasteiger partial charge in [-0.15, -0.1) is 0 Å². The molecule has 0 bridgehead atoms. The Kier molecular flexibility index (Phi) is 4.27. The Balaban J connectivity index is 2.19. The van der Waals surface area contributed by atoms with Gasteiger partial charge in [-0.25, -0.2) is 4.79 Å². The van der Waals surface area contributed by atoms with Gasteiger partial charge < -0.3 is 19.9 Å². The molecule has 2 N–H and O–H groups in total. The smallest absolute Gasteiger partial charge is 0.337 e. The SMILES string of the molecule is COc1ccc(C(=O)O)c(NC2CCOC(C)C2)c1. The number of carboxylic acids is 1. The number of rotatable bonds is 4. The Morgan fingerprint density at radius 1 is 1.53 bits per heavy atom. The van der Waals surface area contributed by atoms with E-state index in [1.54, 1.807) is 25.3 Å². The zero-order valence-electron chi connectivity index (χ0n) is 11.2. The van der Waals surface area contributed by atoms with E-state index in [1.165, 1.54) is 0 Å². The molecule has 0 amide bonds. The van der Waals surface area contributed by atoms with Crippen LogP contribution < -0.4 is 10.1 Å². The highest BCUT2D eigenvalue weighted by Crippen LogP contribution is 2.26. The first-order valence-corrected chi connectivity index (χ1v) is 6.39. The summed E-state index contributed by atoms with van der Waals surface area (Å²) in [4.78, 5) is 11.2. The molecule has 1 aromatic carbocycles. The third-order valence-corrected chi connectivity index (χ3v) is 3.30. The first-order valence-electron chi connectivity index (χ1n) is 6.39. The lowest BCUT2D eigenvalue weighted by molar-refractivity contribution is 0.0232. The predicted molar refractivity (Wildman–Crippen MR) is 72.0 cm³/mol. The van der Waals surface area contributed by atoms with Gasteiger partial charge in [0.05, 0.1) is 24.5 Å². The Morgan fingerprint density at radius 2 is 2.32 bits per heavy atom. The molecule has 2 atom stereocenters. The molecular formula is C14H19NO4. The zero-order valence-corrected chi connectivity index (χ0v) is 11.2. The second-order valence-corrected chi connectivity index (χ2v) is 4.76. The number of hydrogen-bond acceptors (Lipinski definition) is 4. The molecular weight excluding hydrogens is 246 g/mol. The molecule has 0 aromatic heterocycles. The minimum atomic E-state index is -0.940. The highest BCUT2D eigenvalue weighted by molar-refractivity contribution is 5.94. The van der Waals surface area contributed by atoms with Crippen LogP contribution in [0.2, 0.25) is 0 Å². The normalized spacial score (nSPS) is 22.8. The van der Waals surface area contributed by atoms with Crippen molar-refractivity contribution < 1.29 is 19.4 Å². The summed E-state index contributed by atoms with van der Waals surface area (Å²) in [7, 11) is 1.57. The van der Waals surface area contributed by atoms with E-state index in [-0.39, 0.29) is 17.7 Å². The van der Waals surface area contributed by atoms with Crippen LogP contribution >= 0.6 is 0 Å². The van der Waals surface area contributed by atoms with E-state index in [0.29, 0.717) is 18.0 Å². The highest BCUT2D eigenvalue weighted by Gasteiger charge is 2.21. The Morgan fingerprint density at radius 3 is 2.95 bits per heavy atom. The quantitative estimate of drug-likeness (QED) is 0.874. The molecule has 0 saturated carbocycles. The minimum absolute atomic E-state index is 0.199. The van der Waals surface area contributed by atoms with E-state index in [4.69, 9.17) is 9.47 Å². The molecule has 1 aromatic rings. The number of ether oxygens (including phenoxy) is 2. The summed E-state index contributed by atoms with van der Waals surface area (Å²) in [5.41, 5.74) is 0.867. The number of carboxylic acid groups (broad SMARTS) is 1. The molecule has 19 heavy (non-hydrogen) atoms. The van der Waals surface area contributed by atoms with E-state index >= 15 is 0 Å². The maximum atomic E-state index is 11.2. The average Bonchev–Trinajstić information content (AvgIpc) is 2.38. The second-order valence-electron chi connectivity index (χ2n) is 4.76. The average molecular weight is 265 g/mol. The van der Waals surface area contributed by atoms with Gasteiger partial charge in [-0.05, 0) is 31.9 Å². The zero-order chi connectivity index (χ0) is 13.8. The predicted octanol–water partition coefficient (Wildman–Crippen LogP) is 2.37. The van der Waals surface area contributed by atoms with Crippen LogP contribution in [0.5, 0.6) is 5.75 Å². The molecule has 0 aliphatic carbocycles. The lowest BCUT2D eigenvalue weighted by Gasteiger charge is -2.29. The molecule has 1 heterocycles. The van der Waals surface area contributed by atoms with Crippen LogP contribution in [0, 0.1) is 0 Å². The van der Waals surface area contributed by atoms with Gasteiger partial charge in [0.15, 0.2) is 0 Å². The lowest BCUT2D eigenvalue weighted by atomic mass is 10.0. The van der Waals surface area contributed by atoms with Gasteiger partial charge >= 0.3 is 5.97 Å². The van der Waals surface area contributed by atoms with Crippen LogP contribution in [0.25, 0.3) is 0 Å². The van der Waals surface area contributed by atoms with Gasteiger partial charge in [0, 0.05) is 18.7 Å². The fourth-order valence-corrected chi connectivity index (χ4v) is 2.31. The summed E-state index contributed by atoms with van der Waals surface area (Å²) in [6.45, 7) is 2.72. The van der Waals surface area contributed by atoms with Crippen molar-refractivity contribution in [3.8, 4) is 5.75 Å². The number of methoxy groups -OCH3 is 1. The number of aromatic carboxylic acids is 1. The van der Waals surface area contributed by atoms with Gasteiger partial charge in [-0.1, -0.05) is 0 Å². The van der Waals surface area contributed by atoms with Crippen LogP contribution in [-0.2, 0) is 4.74 Å². The number of nitrogens with one attached hydrogen (secondary N) is 1. The number of anilines is 1. The molecule has 1 aliphatic rings. The van der Waals surface area contributed by atoms with Gasteiger partial charge in [0.1, 0.15) is 5.75 Å². The van der Waals surface area contributed by atoms with E-state index in [9.17, 15) is 9.90 Å². The lowest BCUT2D eigenvalue weighted by Crippen LogP contribution is -2.33. The Hall–Kier alpha value is -1.75. The molecule has 5 nitrogen and oxygen atoms in total. The van der Waals surface area contributed by atoms with Crippen LogP contribution in [0.3, 0.4) is 0 Å². The molecule has 1 saturated heterocycles. The number of carbonyl (C=O) groups is 1. The van der Waals surface area contributed by atoms with E-state index in [1.807, 2.05) is 6.92 Å². The van der Waals surface area contributed by atoms with Gasteiger partial charge in [0.25, 0.3) is 0 Å². The topological polar surface area (TPSA) is 67.8 Å². The Labute approximate surface area is 112 Å². The summed E-state index contributed by atoms with van der Waals surface area (Å²) in [6, 6.07) is 5.17. The van der Waals surface area contributed by atoms with Crippen molar-refractivity contribution in [1.29, 1.82) is 0 Å². The van der Waals surface area contributed by atoms with Crippen LogP contribution in [-0.4, -0.2) is 36.9 Å². The van der Waals surface area contributed by atoms with E-state index < -0.39 is 5.97 Å². The summed E-state index contributed by atoms with van der Waals surface area (Å²) >= 11 is 0. The molecule has 0 spiro atoms. The third kappa shape index (κ3) is 3.38. The van der Waals surface area contributed by atoms with Crippen LogP contribution in [0.1, 0.15) is 30.1 Å². The van der Waals surface area contributed by atoms with Gasteiger partial charge in [-0.2, -0.15) is 0 Å². The fraction of sp³-hybridized carbons (Fsp3) is 0.500. The van der Waals surface area contributed by atoms with Crippen molar-refractivity contribution in [1.82, 2.24) is 0 Å². The van der Waals surface area contributed by atoms with Gasteiger partial charge in [-0.3, -0.25) is 0 Å². The summed E-state index contributed by atoms with van der Waals surface area (Å²) < 4.78 is 10.6. The fourth-order valence-electron chi connectivity index (χ4n) is 2.31. The highest BCUT2D eigenvalue weighted by atomic mass is 16.5. The molecule has 0 radical (unpaired) electrons. The summed E-state index contributed by atoms with van der Waals surface area (Å²) in [5.74, 6) is -0.294. The second kappa shape index (κ2) is 5.93. The van der Waals surface area contributed by atoms with E-state index in [2.05, 4.69) is 5.32 Å². The van der Waals surface area contributed by atoms with Crippen molar-refractivity contribution in [2.45, 2.75) is 31.9 Å². The Bertz CT molecular complexity index is 461. The standard InChI is InChI=1S/C14H19NO4/c1-9-7-10(5-6-19-9)15-13-8-11(18-2)3-4-12(13)14(16)17/h3-4,8-10,15H,5-7H2,1-2H3,(H,16,17). The monoisotopic (exact) mass is 265 g/mol. The maximum Gasteiger partial charge on any atom is 0.337 e. The first-order chi connectivity index (χ1) is 9.10. The molecule has 2 rings (SSSR count). The van der Waals surface area contributed by atoms with Crippen molar-refractivity contribution >= 4 is 11.7 Å². The molecule has 5 heteroatoms. The molecule has 104 valence electrons. The van der Waals surface area contributed by atoms with Gasteiger partial charge in [0.2, 0.25) is 0 Å². The largest absolute Gasteiger partial charge is 0.497 e. The first kappa shape index (κ1) is 13.7. The summed E-state index contributed by atoms with van der Waals surface area (Å²) in [5, 5.41) is 12.5. The van der Waals surface area contributed by atoms with Crippen LogP contribution in [0.4, 0.5) is 5.69 Å².